The van der Waals surface area contributed by atoms with Gasteiger partial charge in [-0.15, -0.1) is 0 Å². The molecule has 5 heterocycles. The zero-order chi connectivity index (χ0) is 31.1. The number of hydrogen-bond donors (Lipinski definition) is 1. The summed E-state index contributed by atoms with van der Waals surface area (Å²) < 4.78 is 16.6. The Morgan fingerprint density at radius 3 is 2.51 bits per heavy atom. The quantitative estimate of drug-likeness (QED) is 0.276. The molecule has 0 spiro atoms. The topological polar surface area (TPSA) is 135 Å². The number of methoxy groups -OCH3 is 2. The molecule has 4 aromatic heterocycles. The van der Waals surface area contributed by atoms with E-state index in [1.807, 2.05) is 40.8 Å². The summed E-state index contributed by atoms with van der Waals surface area (Å²) in [7, 11) is 6.74. The number of carbonyl (C=O) groups excluding carboxylic acids is 2. The van der Waals surface area contributed by atoms with E-state index >= 15 is 0 Å². The maximum absolute atomic E-state index is 13.7. The predicted octanol–water partition coefficient (Wildman–Crippen LogP) is 3.76. The second-order valence-electron chi connectivity index (χ2n) is 12.7. The molecule has 3 atom stereocenters. The molecule has 2 saturated carbocycles. The Bertz CT molecular complexity index is 2020. The minimum absolute atomic E-state index is 0.0184. The minimum atomic E-state index is -0.490. The number of aromatic nitrogens is 6. The van der Waals surface area contributed by atoms with Crippen LogP contribution in [0.1, 0.15) is 46.5 Å². The van der Waals surface area contributed by atoms with E-state index in [4.69, 9.17) is 25.2 Å². The van der Waals surface area contributed by atoms with Gasteiger partial charge in [-0.25, -0.2) is 14.8 Å². The molecule has 3 fully saturated rings. The van der Waals surface area contributed by atoms with E-state index < -0.39 is 5.97 Å². The molecule has 8 rings (SSSR count). The van der Waals surface area contributed by atoms with Crippen molar-refractivity contribution in [1.82, 2.24) is 33.8 Å². The Balaban J connectivity index is 1.23. The first-order valence-corrected chi connectivity index (χ1v) is 15.5. The standard InChI is InChI=1S/C33H36N8O4/c1-38-29-22(11-20(13-27(29)44-3)32(42)41-16-19-8-10-24(41)28(19)34)36-31(38)26-12-18-7-9-21(35-30(18)40(26)15-17-5-6-17)25-14-23(33(43)45-4)37-39(25)2/h7,9,11-14,17,19,24,28H,5-6,8,10,15-16,34H2,1-4H3/t19?,24?,28-/m1/s1. The van der Waals surface area contributed by atoms with Crippen LogP contribution in [0.15, 0.2) is 36.4 Å². The number of carbonyl (C=O) groups is 2. The maximum atomic E-state index is 13.7. The van der Waals surface area contributed by atoms with E-state index in [0.717, 1.165) is 53.1 Å². The summed E-state index contributed by atoms with van der Waals surface area (Å²) in [6.07, 6.45) is 4.39. The lowest BCUT2D eigenvalue weighted by Crippen LogP contribution is -2.41. The third kappa shape index (κ3) is 4.33. The van der Waals surface area contributed by atoms with Crippen molar-refractivity contribution in [2.24, 2.45) is 31.7 Å². The highest BCUT2D eigenvalue weighted by Crippen LogP contribution is 2.40. The molecular formula is C33H36N8O4. The number of imidazole rings is 1. The number of nitrogens with two attached hydrogens (primary N) is 1. The van der Waals surface area contributed by atoms with Crippen LogP contribution in [0.4, 0.5) is 0 Å². The monoisotopic (exact) mass is 608 g/mol. The summed E-state index contributed by atoms with van der Waals surface area (Å²) in [5.74, 6) is 1.81. The minimum Gasteiger partial charge on any atom is -0.494 e. The molecule has 232 valence electrons. The van der Waals surface area contributed by atoms with Crippen LogP contribution in [0, 0.1) is 11.8 Å². The lowest BCUT2D eigenvalue weighted by molar-refractivity contribution is 0.0592. The zero-order valence-electron chi connectivity index (χ0n) is 25.9. The van der Waals surface area contributed by atoms with Crippen molar-refractivity contribution in [3.8, 4) is 28.7 Å². The van der Waals surface area contributed by atoms with Crippen LogP contribution in [-0.2, 0) is 25.4 Å². The fourth-order valence-corrected chi connectivity index (χ4v) is 7.38. The first kappa shape index (κ1) is 27.8. The normalized spacial score (nSPS) is 20.9. The number of amides is 1. The third-order valence-corrected chi connectivity index (χ3v) is 9.96. The molecule has 2 aliphatic carbocycles. The van der Waals surface area contributed by atoms with Crippen LogP contribution in [0.5, 0.6) is 5.75 Å². The van der Waals surface area contributed by atoms with Crippen molar-refractivity contribution in [3.05, 3.63) is 47.7 Å². The predicted molar refractivity (Wildman–Crippen MR) is 168 cm³/mol. The molecule has 2 N–H and O–H groups in total. The van der Waals surface area contributed by atoms with E-state index in [0.29, 0.717) is 40.9 Å². The van der Waals surface area contributed by atoms with Crippen molar-refractivity contribution >= 4 is 33.9 Å². The van der Waals surface area contributed by atoms with Gasteiger partial charge >= 0.3 is 5.97 Å². The lowest BCUT2D eigenvalue weighted by Gasteiger charge is -2.27. The number of esters is 1. The molecule has 12 heteroatoms. The number of piperidine rings is 1. The van der Waals surface area contributed by atoms with Crippen LogP contribution in [0.2, 0.25) is 0 Å². The number of benzene rings is 1. The molecule has 1 saturated heterocycles. The first-order valence-electron chi connectivity index (χ1n) is 15.5. The highest BCUT2D eigenvalue weighted by Gasteiger charge is 2.47. The van der Waals surface area contributed by atoms with E-state index in [1.165, 1.54) is 20.0 Å². The average Bonchev–Trinajstić information content (AvgIpc) is 3.27. The van der Waals surface area contributed by atoms with E-state index in [1.54, 1.807) is 24.9 Å². The van der Waals surface area contributed by atoms with Crippen molar-refractivity contribution in [1.29, 1.82) is 0 Å². The van der Waals surface area contributed by atoms with Gasteiger partial charge in [-0.2, -0.15) is 5.10 Å². The van der Waals surface area contributed by atoms with Crippen LogP contribution >= 0.6 is 0 Å². The van der Waals surface area contributed by atoms with Crippen molar-refractivity contribution in [2.45, 2.75) is 44.3 Å². The van der Waals surface area contributed by atoms with Gasteiger partial charge in [-0.05, 0) is 67.9 Å². The Morgan fingerprint density at radius 2 is 1.82 bits per heavy atom. The van der Waals surface area contributed by atoms with Gasteiger partial charge < -0.3 is 29.2 Å². The van der Waals surface area contributed by atoms with Gasteiger partial charge in [0.1, 0.15) is 16.9 Å². The van der Waals surface area contributed by atoms with Crippen LogP contribution < -0.4 is 10.5 Å². The molecule has 5 aromatic rings. The molecule has 1 aliphatic heterocycles. The summed E-state index contributed by atoms with van der Waals surface area (Å²) in [5, 5.41) is 5.31. The number of likely N-dealkylation sites (tertiary alicyclic amines) is 1. The van der Waals surface area contributed by atoms with Gasteiger partial charge in [0.2, 0.25) is 0 Å². The molecule has 2 unspecified atom stereocenters. The summed E-state index contributed by atoms with van der Waals surface area (Å²) in [5.41, 5.74) is 11.9. The van der Waals surface area contributed by atoms with Crippen molar-refractivity contribution in [2.75, 3.05) is 20.8 Å². The number of hydrogen-bond acceptors (Lipinski definition) is 8. The lowest BCUT2D eigenvalue weighted by atomic mass is 10.1. The number of rotatable bonds is 7. The average molecular weight is 609 g/mol. The highest BCUT2D eigenvalue weighted by atomic mass is 16.5. The van der Waals surface area contributed by atoms with Gasteiger partial charge in [0.25, 0.3) is 5.91 Å². The molecule has 45 heavy (non-hydrogen) atoms. The fraction of sp³-hybridized carbons (Fsp3) is 0.424. The molecule has 2 bridgehead atoms. The van der Waals surface area contributed by atoms with Crippen LogP contribution in [0.25, 0.3) is 45.0 Å². The van der Waals surface area contributed by atoms with Gasteiger partial charge in [-0.3, -0.25) is 9.48 Å². The third-order valence-electron chi connectivity index (χ3n) is 9.96. The summed E-state index contributed by atoms with van der Waals surface area (Å²) in [6, 6.07) is 11.7. The second kappa shape index (κ2) is 10.2. The fourth-order valence-electron chi connectivity index (χ4n) is 7.38. The molecular weight excluding hydrogens is 572 g/mol. The smallest absolute Gasteiger partial charge is 0.358 e. The maximum Gasteiger partial charge on any atom is 0.358 e. The number of ether oxygens (including phenoxy) is 2. The van der Waals surface area contributed by atoms with E-state index in [9.17, 15) is 9.59 Å². The SMILES string of the molecule is COC(=O)c1cc(-c2ccc3cc(-c4nc5cc(C(=O)N6CC7CCC6[C@@H]7N)cc(OC)c5n4C)n(CC4CC4)c3n2)n(C)n1. The number of aryl methyl sites for hydroxylation is 2. The Labute approximate surface area is 259 Å². The van der Waals surface area contributed by atoms with Crippen LogP contribution in [-0.4, -0.2) is 78.5 Å². The van der Waals surface area contributed by atoms with Crippen molar-refractivity contribution < 1.29 is 19.1 Å². The molecule has 0 radical (unpaired) electrons. The largest absolute Gasteiger partial charge is 0.494 e. The molecule has 3 aliphatic rings. The Kier molecular flexibility index (Phi) is 6.28. The summed E-state index contributed by atoms with van der Waals surface area (Å²) >= 11 is 0. The first-order chi connectivity index (χ1) is 21.7. The number of pyridine rings is 1. The second-order valence-corrected chi connectivity index (χ2v) is 12.7. The summed E-state index contributed by atoms with van der Waals surface area (Å²) in [6.45, 7) is 1.52. The number of nitrogens with zero attached hydrogens (tertiary/aromatic N) is 7. The van der Waals surface area contributed by atoms with Crippen molar-refractivity contribution in [3.63, 3.8) is 0 Å². The van der Waals surface area contributed by atoms with Gasteiger partial charge in [0.05, 0.1) is 36.8 Å². The highest BCUT2D eigenvalue weighted by molar-refractivity contribution is 6.00. The Morgan fingerprint density at radius 1 is 1.00 bits per heavy atom. The number of fused-ring (bicyclic) bond motifs is 4. The summed E-state index contributed by atoms with van der Waals surface area (Å²) in [4.78, 5) is 38.0. The molecule has 12 nitrogen and oxygen atoms in total. The van der Waals surface area contributed by atoms with Crippen LogP contribution in [0.3, 0.4) is 0 Å². The van der Waals surface area contributed by atoms with E-state index in [-0.39, 0.29) is 23.7 Å². The zero-order valence-corrected chi connectivity index (χ0v) is 25.9. The Hall–Kier alpha value is -4.71. The molecule has 1 aromatic carbocycles. The van der Waals surface area contributed by atoms with E-state index in [2.05, 4.69) is 15.7 Å². The van der Waals surface area contributed by atoms with Gasteiger partial charge in [0.15, 0.2) is 11.5 Å². The van der Waals surface area contributed by atoms with Gasteiger partial charge in [0, 0.05) is 56.3 Å². The molecule has 1 amide bonds. The van der Waals surface area contributed by atoms with Gasteiger partial charge in [-0.1, -0.05) is 0 Å².